The van der Waals surface area contributed by atoms with Crippen molar-refractivity contribution in [1.82, 2.24) is 24.1 Å². The van der Waals surface area contributed by atoms with Gasteiger partial charge in [-0.15, -0.1) is 0 Å². The highest BCUT2D eigenvalue weighted by atomic mass is 16.3. The van der Waals surface area contributed by atoms with Crippen molar-refractivity contribution in [2.24, 2.45) is 0 Å². The molecule has 0 aliphatic heterocycles. The molecule has 4 heterocycles. The Morgan fingerprint density at radius 3 is 1.72 bits per heavy atom. The highest BCUT2D eigenvalue weighted by Crippen LogP contribution is 2.44. The molecule has 0 atom stereocenters. The van der Waals surface area contributed by atoms with Crippen molar-refractivity contribution in [2.75, 3.05) is 0 Å². The summed E-state index contributed by atoms with van der Waals surface area (Å²) in [6.07, 6.45) is 0. The molecule has 13 rings (SSSR count). The topological polar surface area (TPSA) is 85.5 Å². The van der Waals surface area contributed by atoms with Crippen LogP contribution in [-0.2, 0) is 0 Å². The van der Waals surface area contributed by atoms with E-state index in [0.717, 1.165) is 93.8 Å². The molecule has 0 aliphatic carbocycles. The molecule has 4 aromatic heterocycles. The molecule has 0 saturated carbocycles. The van der Waals surface area contributed by atoms with Gasteiger partial charge in [-0.2, -0.15) is 5.26 Å². The third kappa shape index (κ3) is 5.78. The molecule has 302 valence electrons. The Bertz CT molecular complexity index is 4070. The number of nitriles is 1. The number of nitrogens with zero attached hydrogens (tertiary/aromatic N) is 6. The lowest BCUT2D eigenvalue weighted by Gasteiger charge is -2.13. The number of aromatic nitrogens is 5. The normalized spacial score (nSPS) is 11.7. The molecule has 0 spiro atoms. The van der Waals surface area contributed by atoms with Crippen LogP contribution >= 0.6 is 0 Å². The van der Waals surface area contributed by atoms with Crippen LogP contribution < -0.4 is 0 Å². The van der Waals surface area contributed by atoms with Crippen LogP contribution in [0.25, 0.3) is 122 Å². The summed E-state index contributed by atoms with van der Waals surface area (Å²) in [7, 11) is 0. The van der Waals surface area contributed by atoms with E-state index >= 15 is 0 Å². The van der Waals surface area contributed by atoms with Crippen LogP contribution in [0.1, 0.15) is 5.56 Å². The van der Waals surface area contributed by atoms with Gasteiger partial charge in [0.05, 0.1) is 38.7 Å². The Balaban J connectivity index is 0.981. The minimum Gasteiger partial charge on any atom is -0.455 e. The van der Waals surface area contributed by atoms with Crippen molar-refractivity contribution in [3.05, 3.63) is 212 Å². The van der Waals surface area contributed by atoms with Crippen LogP contribution in [0, 0.1) is 11.3 Å². The molecule has 0 N–H and O–H groups in total. The zero-order chi connectivity index (χ0) is 43.0. The van der Waals surface area contributed by atoms with Gasteiger partial charge in [0.1, 0.15) is 17.2 Å². The van der Waals surface area contributed by atoms with Crippen LogP contribution in [0.2, 0.25) is 0 Å². The van der Waals surface area contributed by atoms with Crippen molar-refractivity contribution in [3.8, 4) is 62.7 Å². The third-order valence-corrected chi connectivity index (χ3v) is 12.6. The van der Waals surface area contributed by atoms with Gasteiger partial charge in [-0.1, -0.05) is 133 Å². The number of hydrogen-bond acceptors (Lipinski definition) is 5. The van der Waals surface area contributed by atoms with Gasteiger partial charge in [0.25, 0.3) is 0 Å². The summed E-state index contributed by atoms with van der Waals surface area (Å²) in [4.78, 5) is 15.1. The Labute approximate surface area is 372 Å². The van der Waals surface area contributed by atoms with Crippen molar-refractivity contribution >= 4 is 65.6 Å². The third-order valence-electron chi connectivity index (χ3n) is 12.6. The zero-order valence-electron chi connectivity index (χ0n) is 34.7. The smallest absolute Gasteiger partial charge is 0.164 e. The summed E-state index contributed by atoms with van der Waals surface area (Å²) in [5, 5.41) is 17.3. The Morgan fingerprint density at radius 1 is 0.385 bits per heavy atom. The predicted molar refractivity (Wildman–Crippen MR) is 262 cm³/mol. The second-order valence-corrected chi connectivity index (χ2v) is 16.3. The van der Waals surface area contributed by atoms with Gasteiger partial charge in [-0.25, -0.2) is 15.0 Å². The molecule has 0 bridgehead atoms. The maximum absolute atomic E-state index is 10.9. The fourth-order valence-electron chi connectivity index (χ4n) is 9.64. The van der Waals surface area contributed by atoms with E-state index in [0.29, 0.717) is 28.6 Å². The zero-order valence-corrected chi connectivity index (χ0v) is 34.7. The number of furan rings is 1. The van der Waals surface area contributed by atoms with Crippen LogP contribution in [0.15, 0.2) is 211 Å². The molecule has 0 aliphatic rings. The van der Waals surface area contributed by atoms with Gasteiger partial charge in [-0.05, 0) is 83.9 Å². The van der Waals surface area contributed by atoms with E-state index in [9.17, 15) is 5.26 Å². The maximum Gasteiger partial charge on any atom is 0.164 e. The Morgan fingerprint density at radius 2 is 0.985 bits per heavy atom. The molecule has 65 heavy (non-hydrogen) atoms. The van der Waals surface area contributed by atoms with Crippen LogP contribution in [-0.4, -0.2) is 24.1 Å². The van der Waals surface area contributed by atoms with Crippen LogP contribution in [0.5, 0.6) is 0 Å². The molecule has 0 amide bonds. The van der Waals surface area contributed by atoms with Gasteiger partial charge in [-0.3, -0.25) is 0 Å². The van der Waals surface area contributed by atoms with E-state index in [1.165, 1.54) is 5.39 Å². The van der Waals surface area contributed by atoms with Gasteiger partial charge in [0.2, 0.25) is 0 Å². The van der Waals surface area contributed by atoms with E-state index in [1.54, 1.807) is 0 Å². The van der Waals surface area contributed by atoms with E-state index in [2.05, 4.69) is 137 Å². The Hall–Kier alpha value is -9.12. The molecular formula is C58H34N6O. The standard InChI is InChI=1S/C58H34N6O/c59-35-41-32-40(58-61-56(37-17-6-2-7-18-37)60-57(62-58)39-20-14-19-38(31-39)36-15-4-1-5-16-36)27-29-48(41)64-50-26-13-11-24-45(50)54-51(64)30-28-44-47-33-52-46(34-53(47)65-55(44)54)43-23-10-12-25-49(43)63(52)42-21-8-3-9-22-42/h1-34H. The van der Waals surface area contributed by atoms with Gasteiger partial charge >= 0.3 is 0 Å². The fourth-order valence-corrected chi connectivity index (χ4v) is 9.64. The number of hydrogen-bond donors (Lipinski definition) is 0. The second-order valence-electron chi connectivity index (χ2n) is 16.3. The van der Waals surface area contributed by atoms with Crippen LogP contribution in [0.4, 0.5) is 0 Å². The number of rotatable bonds is 6. The number of para-hydroxylation sites is 3. The molecule has 0 radical (unpaired) electrons. The first-order chi connectivity index (χ1) is 32.2. The molecule has 7 heteroatoms. The number of fused-ring (bicyclic) bond motifs is 10. The summed E-state index contributed by atoms with van der Waals surface area (Å²) in [5.41, 5.74) is 12.8. The highest BCUT2D eigenvalue weighted by Gasteiger charge is 2.23. The van der Waals surface area contributed by atoms with Gasteiger partial charge < -0.3 is 13.6 Å². The summed E-state index contributed by atoms with van der Waals surface area (Å²) >= 11 is 0. The largest absolute Gasteiger partial charge is 0.455 e. The molecule has 7 nitrogen and oxygen atoms in total. The minimum absolute atomic E-state index is 0.480. The summed E-state index contributed by atoms with van der Waals surface area (Å²) in [6.45, 7) is 0. The van der Waals surface area contributed by atoms with Crippen molar-refractivity contribution in [3.63, 3.8) is 0 Å². The average molecular weight is 831 g/mol. The maximum atomic E-state index is 10.9. The first kappa shape index (κ1) is 36.5. The second kappa shape index (κ2) is 14.5. The quantitative estimate of drug-likeness (QED) is 0.167. The van der Waals surface area contributed by atoms with Crippen LogP contribution in [0.3, 0.4) is 0 Å². The van der Waals surface area contributed by atoms with Crippen molar-refractivity contribution in [1.29, 1.82) is 5.26 Å². The molecule has 0 unspecified atom stereocenters. The molecule has 0 fully saturated rings. The fraction of sp³-hybridized carbons (Fsp3) is 0. The SMILES string of the molecule is N#Cc1cc(-c2nc(-c3ccccc3)nc(-c3cccc(-c4ccccc4)c3)n2)ccc1-n1c2ccccc2c2c3oc4cc5c6ccccc6n(-c6ccccc6)c5cc4c3ccc21. The molecule has 9 aromatic carbocycles. The van der Waals surface area contributed by atoms with E-state index in [4.69, 9.17) is 19.4 Å². The Kier molecular flexibility index (Phi) is 8.14. The minimum atomic E-state index is 0.480. The van der Waals surface area contributed by atoms with E-state index in [-0.39, 0.29) is 0 Å². The lowest BCUT2D eigenvalue weighted by atomic mass is 10.0. The molecule has 0 saturated heterocycles. The lowest BCUT2D eigenvalue weighted by Crippen LogP contribution is -2.02. The summed E-state index contributed by atoms with van der Waals surface area (Å²) in [5.74, 6) is 1.58. The summed E-state index contributed by atoms with van der Waals surface area (Å²) < 4.78 is 11.5. The summed E-state index contributed by atoms with van der Waals surface area (Å²) in [6, 6.07) is 73.1. The average Bonchev–Trinajstić information content (AvgIpc) is 4.03. The van der Waals surface area contributed by atoms with Gasteiger partial charge in [0.15, 0.2) is 17.5 Å². The highest BCUT2D eigenvalue weighted by molar-refractivity contribution is 6.25. The monoisotopic (exact) mass is 830 g/mol. The first-order valence-electron chi connectivity index (χ1n) is 21.6. The first-order valence-corrected chi connectivity index (χ1v) is 21.6. The van der Waals surface area contributed by atoms with Crippen molar-refractivity contribution in [2.45, 2.75) is 0 Å². The van der Waals surface area contributed by atoms with Gasteiger partial charge in [0, 0.05) is 49.3 Å². The lowest BCUT2D eigenvalue weighted by molar-refractivity contribution is 0.673. The predicted octanol–water partition coefficient (Wildman–Crippen LogP) is 14.5. The molecule has 13 aromatic rings. The van der Waals surface area contributed by atoms with E-state index < -0.39 is 0 Å². The molecular weight excluding hydrogens is 797 g/mol. The van der Waals surface area contributed by atoms with E-state index in [1.807, 2.05) is 84.9 Å². The van der Waals surface area contributed by atoms with Crippen molar-refractivity contribution < 1.29 is 4.42 Å². The number of benzene rings is 9.